The molecule has 1 saturated heterocycles. The van der Waals surface area contributed by atoms with Crippen LogP contribution in [0.25, 0.3) is 0 Å². The van der Waals surface area contributed by atoms with Gasteiger partial charge in [-0.25, -0.2) is 0 Å². The summed E-state index contributed by atoms with van der Waals surface area (Å²) < 4.78 is 5.16. The second-order valence-corrected chi connectivity index (χ2v) is 5.36. The molecule has 2 aliphatic rings. The first kappa shape index (κ1) is 12.6. The number of hydrogen-bond acceptors (Lipinski definition) is 5. The molecule has 1 unspecified atom stereocenters. The smallest absolute Gasteiger partial charge is 0.191 e. The Morgan fingerprint density at radius 3 is 2.88 bits per heavy atom. The SMILES string of the molecule is COCCN1C(N)=NCC12CCN(C(C)C)C2. The fourth-order valence-electron chi connectivity index (χ4n) is 2.85. The van der Waals surface area contributed by atoms with Gasteiger partial charge in [0.05, 0.1) is 18.7 Å². The number of nitrogens with two attached hydrogens (primary N) is 1. The molecule has 0 aromatic rings. The van der Waals surface area contributed by atoms with Crippen molar-refractivity contribution < 1.29 is 4.74 Å². The van der Waals surface area contributed by atoms with E-state index in [0.29, 0.717) is 18.6 Å². The zero-order valence-electron chi connectivity index (χ0n) is 11.1. The van der Waals surface area contributed by atoms with Crippen LogP contribution >= 0.6 is 0 Å². The summed E-state index contributed by atoms with van der Waals surface area (Å²) in [5.74, 6) is 0.688. The number of guanidine groups is 1. The molecule has 1 fully saturated rings. The first-order valence-electron chi connectivity index (χ1n) is 6.39. The quantitative estimate of drug-likeness (QED) is 0.758. The second-order valence-electron chi connectivity index (χ2n) is 5.36. The third-order valence-corrected chi connectivity index (χ3v) is 4.00. The molecular formula is C12H24N4O. The minimum Gasteiger partial charge on any atom is -0.383 e. The third kappa shape index (κ3) is 2.26. The molecule has 0 saturated carbocycles. The Balaban J connectivity index is 2.05. The van der Waals surface area contributed by atoms with Gasteiger partial charge >= 0.3 is 0 Å². The Hall–Kier alpha value is -0.810. The van der Waals surface area contributed by atoms with E-state index in [1.54, 1.807) is 7.11 Å². The monoisotopic (exact) mass is 240 g/mol. The van der Waals surface area contributed by atoms with Crippen molar-refractivity contribution in [1.82, 2.24) is 9.80 Å². The lowest BCUT2D eigenvalue weighted by molar-refractivity contribution is 0.126. The molecule has 0 radical (unpaired) electrons. The lowest BCUT2D eigenvalue weighted by Crippen LogP contribution is -2.54. The summed E-state index contributed by atoms with van der Waals surface area (Å²) in [6.45, 7) is 9.10. The van der Waals surface area contributed by atoms with E-state index in [1.807, 2.05) is 0 Å². The van der Waals surface area contributed by atoms with E-state index in [9.17, 15) is 0 Å². The first-order chi connectivity index (χ1) is 8.09. The van der Waals surface area contributed by atoms with E-state index in [0.717, 1.165) is 32.6 Å². The van der Waals surface area contributed by atoms with Crippen LogP contribution in [0.1, 0.15) is 20.3 Å². The lowest BCUT2D eigenvalue weighted by Gasteiger charge is -2.36. The summed E-state index contributed by atoms with van der Waals surface area (Å²) in [5, 5.41) is 0. The van der Waals surface area contributed by atoms with Crippen molar-refractivity contribution in [3.05, 3.63) is 0 Å². The summed E-state index contributed by atoms with van der Waals surface area (Å²) in [4.78, 5) is 9.19. The minimum absolute atomic E-state index is 0.132. The maximum absolute atomic E-state index is 6.00. The Morgan fingerprint density at radius 2 is 2.29 bits per heavy atom. The van der Waals surface area contributed by atoms with E-state index in [2.05, 4.69) is 28.6 Å². The van der Waals surface area contributed by atoms with Gasteiger partial charge in [-0.2, -0.15) is 0 Å². The molecule has 0 bridgehead atoms. The Morgan fingerprint density at radius 1 is 1.53 bits per heavy atom. The van der Waals surface area contributed by atoms with Crippen LogP contribution in [0.15, 0.2) is 4.99 Å². The second kappa shape index (κ2) is 4.82. The van der Waals surface area contributed by atoms with E-state index in [1.165, 1.54) is 0 Å². The number of ether oxygens (including phenoxy) is 1. The van der Waals surface area contributed by atoms with Gasteiger partial charge < -0.3 is 15.4 Å². The molecule has 2 heterocycles. The molecule has 0 aromatic heterocycles. The highest BCUT2D eigenvalue weighted by Gasteiger charge is 2.47. The highest BCUT2D eigenvalue weighted by atomic mass is 16.5. The average Bonchev–Trinajstić information content (AvgIpc) is 2.84. The van der Waals surface area contributed by atoms with Crippen LogP contribution in [0.3, 0.4) is 0 Å². The first-order valence-corrected chi connectivity index (χ1v) is 6.39. The van der Waals surface area contributed by atoms with Gasteiger partial charge in [0.25, 0.3) is 0 Å². The number of methoxy groups -OCH3 is 1. The standard InChI is InChI=1S/C12H24N4O/c1-10(2)15-5-4-12(9-15)8-14-11(13)16(12)6-7-17-3/h10H,4-9H2,1-3H3,(H2,13,14). The van der Waals surface area contributed by atoms with Gasteiger partial charge in [-0.1, -0.05) is 0 Å². The normalized spacial score (nSPS) is 29.6. The lowest BCUT2D eigenvalue weighted by atomic mass is 9.97. The van der Waals surface area contributed by atoms with Gasteiger partial charge in [0, 0.05) is 32.8 Å². The van der Waals surface area contributed by atoms with Crippen LogP contribution in [0, 0.1) is 0 Å². The maximum Gasteiger partial charge on any atom is 0.191 e. The maximum atomic E-state index is 6.00. The van der Waals surface area contributed by atoms with Gasteiger partial charge in [-0.15, -0.1) is 0 Å². The summed E-state index contributed by atoms with van der Waals surface area (Å²) >= 11 is 0. The Labute approximate surface area is 104 Å². The molecule has 5 nitrogen and oxygen atoms in total. The topological polar surface area (TPSA) is 54.1 Å². The molecule has 0 aromatic carbocycles. The third-order valence-electron chi connectivity index (χ3n) is 4.00. The van der Waals surface area contributed by atoms with Crippen molar-refractivity contribution >= 4 is 5.96 Å². The number of nitrogens with zero attached hydrogens (tertiary/aromatic N) is 3. The predicted molar refractivity (Wildman–Crippen MR) is 69.1 cm³/mol. The van der Waals surface area contributed by atoms with Gasteiger partial charge in [0.1, 0.15) is 0 Å². The average molecular weight is 240 g/mol. The molecule has 5 heteroatoms. The van der Waals surface area contributed by atoms with Crippen molar-refractivity contribution in [2.45, 2.75) is 31.8 Å². The summed E-state index contributed by atoms with van der Waals surface area (Å²) in [5.41, 5.74) is 6.13. The summed E-state index contributed by atoms with van der Waals surface area (Å²) in [6.07, 6.45) is 1.15. The number of rotatable bonds is 4. The zero-order valence-corrected chi connectivity index (χ0v) is 11.1. The van der Waals surface area contributed by atoms with Gasteiger partial charge in [-0.3, -0.25) is 9.89 Å². The fraction of sp³-hybridized carbons (Fsp3) is 0.917. The van der Waals surface area contributed by atoms with Crippen LogP contribution in [0.5, 0.6) is 0 Å². The van der Waals surface area contributed by atoms with Gasteiger partial charge in [0.2, 0.25) is 0 Å². The molecule has 98 valence electrons. The molecule has 1 spiro atoms. The van der Waals surface area contributed by atoms with Crippen molar-refractivity contribution in [1.29, 1.82) is 0 Å². The van der Waals surface area contributed by atoms with E-state index in [4.69, 9.17) is 10.5 Å². The fourth-order valence-corrected chi connectivity index (χ4v) is 2.85. The molecule has 0 aliphatic carbocycles. The highest BCUT2D eigenvalue weighted by Crippen LogP contribution is 2.32. The van der Waals surface area contributed by atoms with Crippen molar-refractivity contribution in [3.63, 3.8) is 0 Å². The number of hydrogen-bond donors (Lipinski definition) is 1. The van der Waals surface area contributed by atoms with Crippen molar-refractivity contribution in [2.24, 2.45) is 10.7 Å². The molecule has 0 amide bonds. The van der Waals surface area contributed by atoms with E-state index in [-0.39, 0.29) is 5.54 Å². The largest absolute Gasteiger partial charge is 0.383 e. The summed E-state index contributed by atoms with van der Waals surface area (Å²) in [7, 11) is 1.73. The zero-order chi connectivity index (χ0) is 12.5. The molecule has 1 atom stereocenters. The number of likely N-dealkylation sites (tertiary alicyclic amines) is 1. The van der Waals surface area contributed by atoms with Gasteiger partial charge in [0.15, 0.2) is 5.96 Å². The number of aliphatic imine (C=N–C) groups is 1. The van der Waals surface area contributed by atoms with Crippen molar-refractivity contribution in [2.75, 3.05) is 39.9 Å². The van der Waals surface area contributed by atoms with E-state index >= 15 is 0 Å². The predicted octanol–water partition coefficient (Wildman–Crippen LogP) is 0.116. The van der Waals surface area contributed by atoms with Crippen LogP contribution in [0.4, 0.5) is 0 Å². The van der Waals surface area contributed by atoms with E-state index < -0.39 is 0 Å². The molecular weight excluding hydrogens is 216 g/mol. The minimum atomic E-state index is 0.132. The van der Waals surface area contributed by atoms with Crippen LogP contribution in [0.2, 0.25) is 0 Å². The summed E-state index contributed by atoms with van der Waals surface area (Å²) in [6, 6.07) is 0.598. The molecule has 2 N–H and O–H groups in total. The molecule has 2 aliphatic heterocycles. The van der Waals surface area contributed by atoms with Gasteiger partial charge in [-0.05, 0) is 20.3 Å². The molecule has 17 heavy (non-hydrogen) atoms. The van der Waals surface area contributed by atoms with Crippen LogP contribution < -0.4 is 5.73 Å². The van der Waals surface area contributed by atoms with Crippen molar-refractivity contribution in [3.8, 4) is 0 Å². The van der Waals surface area contributed by atoms with Crippen LogP contribution in [-0.2, 0) is 4.74 Å². The Bertz CT molecular complexity index is 305. The molecule has 2 rings (SSSR count). The highest BCUT2D eigenvalue weighted by molar-refractivity contribution is 5.81. The van der Waals surface area contributed by atoms with Crippen LogP contribution in [-0.4, -0.2) is 67.2 Å². The Kier molecular flexibility index (Phi) is 3.58.